The lowest BCUT2D eigenvalue weighted by Gasteiger charge is -2.34. The highest BCUT2D eigenvalue weighted by Gasteiger charge is 2.20. The number of amides is 2. The third kappa shape index (κ3) is 4.21. The third-order valence-electron chi connectivity index (χ3n) is 4.53. The molecular formula is C15H28N4O. The second-order valence-electron chi connectivity index (χ2n) is 5.94. The Hall–Kier alpha value is -1.07. The van der Waals surface area contributed by atoms with Crippen LogP contribution in [-0.4, -0.2) is 55.1 Å². The van der Waals surface area contributed by atoms with Crippen LogP contribution in [0.15, 0.2) is 11.8 Å². The zero-order valence-corrected chi connectivity index (χ0v) is 12.6. The van der Waals surface area contributed by atoms with Gasteiger partial charge in [0.05, 0.1) is 0 Å². The summed E-state index contributed by atoms with van der Waals surface area (Å²) in [7, 11) is 0. The summed E-state index contributed by atoms with van der Waals surface area (Å²) in [5, 5.41) is 2.96. The standard InChI is InChI=1S/C15H28N4O/c1-13(14-4-2-3-5-14)12-17-15(20)19-10-8-18(7-6-16)9-11-19/h12,14H,2-11,16H2,1H3,(H,17,20)/b13-12+. The highest BCUT2D eigenvalue weighted by atomic mass is 16.2. The lowest BCUT2D eigenvalue weighted by molar-refractivity contribution is 0.143. The Morgan fingerprint density at radius 1 is 1.25 bits per heavy atom. The molecule has 1 saturated carbocycles. The number of hydrogen-bond donors (Lipinski definition) is 2. The van der Waals surface area contributed by atoms with Crippen LogP contribution in [0.3, 0.4) is 0 Å². The third-order valence-corrected chi connectivity index (χ3v) is 4.53. The number of rotatable bonds is 4. The van der Waals surface area contributed by atoms with Gasteiger partial charge in [0.1, 0.15) is 0 Å². The summed E-state index contributed by atoms with van der Waals surface area (Å²) in [4.78, 5) is 16.3. The van der Waals surface area contributed by atoms with Gasteiger partial charge in [0.2, 0.25) is 0 Å². The van der Waals surface area contributed by atoms with Gasteiger partial charge in [-0.25, -0.2) is 4.79 Å². The second-order valence-corrected chi connectivity index (χ2v) is 5.94. The van der Waals surface area contributed by atoms with Gasteiger partial charge in [0, 0.05) is 45.5 Å². The number of carbonyl (C=O) groups excluding carboxylic acids is 1. The first-order valence-corrected chi connectivity index (χ1v) is 7.85. The molecule has 1 saturated heterocycles. The number of urea groups is 1. The highest BCUT2D eigenvalue weighted by Crippen LogP contribution is 2.30. The van der Waals surface area contributed by atoms with Crippen LogP contribution in [-0.2, 0) is 0 Å². The van der Waals surface area contributed by atoms with Crippen LogP contribution < -0.4 is 11.1 Å². The van der Waals surface area contributed by atoms with Gasteiger partial charge < -0.3 is 16.0 Å². The quantitative estimate of drug-likeness (QED) is 0.817. The fraction of sp³-hybridized carbons (Fsp3) is 0.800. The predicted molar refractivity (Wildman–Crippen MR) is 81.3 cm³/mol. The molecule has 1 heterocycles. The van der Waals surface area contributed by atoms with Crippen molar-refractivity contribution in [2.45, 2.75) is 32.6 Å². The summed E-state index contributed by atoms with van der Waals surface area (Å²) in [5.41, 5.74) is 6.87. The molecule has 114 valence electrons. The molecule has 0 bridgehead atoms. The Kier molecular flexibility index (Phi) is 5.86. The molecule has 2 fully saturated rings. The molecule has 2 rings (SSSR count). The molecule has 1 aliphatic heterocycles. The SMILES string of the molecule is C/C(=C\NC(=O)N1CCN(CCN)CC1)C1CCCC1. The van der Waals surface area contributed by atoms with Crippen molar-refractivity contribution in [3.05, 3.63) is 11.8 Å². The number of allylic oxidation sites excluding steroid dienone is 1. The zero-order chi connectivity index (χ0) is 14.4. The Bertz CT molecular complexity index is 342. The maximum absolute atomic E-state index is 12.1. The first-order chi connectivity index (χ1) is 9.70. The van der Waals surface area contributed by atoms with Gasteiger partial charge in [-0.2, -0.15) is 0 Å². The van der Waals surface area contributed by atoms with E-state index in [1.165, 1.54) is 31.3 Å². The average Bonchev–Trinajstić information content (AvgIpc) is 3.00. The van der Waals surface area contributed by atoms with Crippen molar-refractivity contribution in [2.75, 3.05) is 39.3 Å². The Morgan fingerprint density at radius 2 is 1.90 bits per heavy atom. The Morgan fingerprint density at radius 3 is 2.50 bits per heavy atom. The lowest BCUT2D eigenvalue weighted by atomic mass is 10.0. The minimum atomic E-state index is 0.0368. The van der Waals surface area contributed by atoms with Crippen LogP contribution in [0.5, 0.6) is 0 Å². The molecule has 0 spiro atoms. The van der Waals surface area contributed by atoms with Crippen LogP contribution in [0.2, 0.25) is 0 Å². The largest absolute Gasteiger partial charge is 0.329 e. The molecule has 0 radical (unpaired) electrons. The molecule has 2 aliphatic rings. The number of carbonyl (C=O) groups is 1. The number of hydrogen-bond acceptors (Lipinski definition) is 3. The van der Waals surface area contributed by atoms with Crippen molar-refractivity contribution in [3.8, 4) is 0 Å². The fourth-order valence-electron chi connectivity index (χ4n) is 3.12. The van der Waals surface area contributed by atoms with Crippen LogP contribution in [0.4, 0.5) is 4.79 Å². The van der Waals surface area contributed by atoms with E-state index < -0.39 is 0 Å². The summed E-state index contributed by atoms with van der Waals surface area (Å²) in [5.74, 6) is 0.678. The average molecular weight is 280 g/mol. The molecule has 0 atom stereocenters. The minimum Gasteiger partial charge on any atom is -0.329 e. The Labute approximate surface area is 122 Å². The number of piperazine rings is 1. The van der Waals surface area contributed by atoms with E-state index in [1.54, 1.807) is 0 Å². The van der Waals surface area contributed by atoms with Crippen molar-refractivity contribution in [1.82, 2.24) is 15.1 Å². The first kappa shape index (κ1) is 15.3. The van der Waals surface area contributed by atoms with Gasteiger partial charge >= 0.3 is 6.03 Å². The van der Waals surface area contributed by atoms with E-state index in [1.807, 2.05) is 11.1 Å². The molecule has 1 aliphatic carbocycles. The van der Waals surface area contributed by atoms with Gasteiger partial charge in [-0.1, -0.05) is 18.4 Å². The fourth-order valence-corrected chi connectivity index (χ4v) is 3.12. The normalized spacial score (nSPS) is 22.3. The molecule has 0 unspecified atom stereocenters. The minimum absolute atomic E-state index is 0.0368. The van der Waals surface area contributed by atoms with Crippen LogP contribution in [0.1, 0.15) is 32.6 Å². The maximum Gasteiger partial charge on any atom is 0.321 e. The van der Waals surface area contributed by atoms with Gasteiger partial charge in [-0.3, -0.25) is 4.90 Å². The molecule has 0 aromatic carbocycles. The number of nitrogens with zero attached hydrogens (tertiary/aromatic N) is 2. The van der Waals surface area contributed by atoms with Crippen LogP contribution in [0.25, 0.3) is 0 Å². The van der Waals surface area contributed by atoms with Gasteiger partial charge in [-0.15, -0.1) is 0 Å². The first-order valence-electron chi connectivity index (χ1n) is 7.85. The highest BCUT2D eigenvalue weighted by molar-refractivity contribution is 5.75. The lowest BCUT2D eigenvalue weighted by Crippen LogP contribution is -2.51. The van der Waals surface area contributed by atoms with E-state index in [0.29, 0.717) is 12.5 Å². The van der Waals surface area contributed by atoms with Crippen molar-refractivity contribution in [2.24, 2.45) is 11.7 Å². The topological polar surface area (TPSA) is 61.6 Å². The van der Waals surface area contributed by atoms with E-state index in [4.69, 9.17) is 5.73 Å². The second kappa shape index (κ2) is 7.64. The van der Waals surface area contributed by atoms with Crippen LogP contribution in [0, 0.1) is 5.92 Å². The summed E-state index contributed by atoms with van der Waals surface area (Å²) in [6.45, 7) is 7.19. The molecule has 2 amide bonds. The van der Waals surface area contributed by atoms with Gasteiger partial charge in [0.25, 0.3) is 0 Å². The van der Waals surface area contributed by atoms with E-state index in [9.17, 15) is 4.79 Å². The summed E-state index contributed by atoms with van der Waals surface area (Å²) < 4.78 is 0. The summed E-state index contributed by atoms with van der Waals surface area (Å²) in [6.07, 6.45) is 7.12. The molecular weight excluding hydrogens is 252 g/mol. The van der Waals surface area contributed by atoms with Crippen LogP contribution >= 0.6 is 0 Å². The van der Waals surface area contributed by atoms with E-state index >= 15 is 0 Å². The van der Waals surface area contributed by atoms with Crippen molar-refractivity contribution in [1.29, 1.82) is 0 Å². The van der Waals surface area contributed by atoms with E-state index in [-0.39, 0.29) is 6.03 Å². The van der Waals surface area contributed by atoms with E-state index in [0.717, 1.165) is 32.7 Å². The summed E-state index contributed by atoms with van der Waals surface area (Å²) in [6, 6.07) is 0.0368. The molecule has 5 nitrogen and oxygen atoms in total. The molecule has 5 heteroatoms. The monoisotopic (exact) mass is 280 g/mol. The number of nitrogens with one attached hydrogen (secondary N) is 1. The van der Waals surface area contributed by atoms with E-state index in [2.05, 4.69) is 17.1 Å². The maximum atomic E-state index is 12.1. The molecule has 0 aromatic heterocycles. The Balaban J connectivity index is 1.73. The van der Waals surface area contributed by atoms with Crippen molar-refractivity contribution >= 4 is 6.03 Å². The summed E-state index contributed by atoms with van der Waals surface area (Å²) >= 11 is 0. The number of nitrogens with two attached hydrogens (primary N) is 1. The smallest absolute Gasteiger partial charge is 0.321 e. The van der Waals surface area contributed by atoms with Gasteiger partial charge in [-0.05, 0) is 25.7 Å². The molecule has 20 heavy (non-hydrogen) atoms. The van der Waals surface area contributed by atoms with Crippen molar-refractivity contribution < 1.29 is 4.79 Å². The molecule has 0 aromatic rings. The van der Waals surface area contributed by atoms with Crippen molar-refractivity contribution in [3.63, 3.8) is 0 Å². The zero-order valence-electron chi connectivity index (χ0n) is 12.6. The predicted octanol–water partition coefficient (Wildman–Crippen LogP) is 1.37. The molecule has 3 N–H and O–H groups in total. The van der Waals surface area contributed by atoms with Gasteiger partial charge in [0.15, 0.2) is 0 Å².